The van der Waals surface area contributed by atoms with Crippen LogP contribution in [-0.4, -0.2) is 17.2 Å². The molecule has 3 N–H and O–H groups in total. The Morgan fingerprint density at radius 2 is 2.04 bits per heavy atom. The normalized spacial score (nSPS) is 17.9. The zero-order valence-electron chi connectivity index (χ0n) is 11.0. The lowest BCUT2D eigenvalue weighted by Gasteiger charge is -2.30. The summed E-state index contributed by atoms with van der Waals surface area (Å²) in [4.78, 5) is 15.7. The maximum atomic E-state index is 13.6. The van der Waals surface area contributed by atoms with Gasteiger partial charge in [-0.2, -0.15) is 8.78 Å². The number of fused-ring (bicyclic) bond motifs is 1. The quantitative estimate of drug-likeness (QED) is 0.814. The number of alkyl halides is 4. The molecule has 0 aliphatic carbocycles. The van der Waals surface area contributed by atoms with Crippen LogP contribution in [0.3, 0.4) is 0 Å². The van der Waals surface area contributed by atoms with E-state index in [-0.39, 0.29) is 16.4 Å². The van der Waals surface area contributed by atoms with Gasteiger partial charge >= 0.3 is 12.4 Å². The molecule has 0 unspecified atom stereocenters. The molecule has 23 heavy (non-hydrogen) atoms. The van der Waals surface area contributed by atoms with Crippen molar-refractivity contribution in [3.05, 3.63) is 34.2 Å². The first-order valence-electron chi connectivity index (χ1n) is 5.97. The van der Waals surface area contributed by atoms with Crippen LogP contribution < -0.4 is 15.8 Å². The lowest BCUT2D eigenvalue weighted by atomic mass is 10.1. The molecule has 3 rings (SSSR count). The van der Waals surface area contributed by atoms with Gasteiger partial charge in [0.2, 0.25) is 0 Å². The molecule has 0 radical (unpaired) electrons. The zero-order valence-corrected chi connectivity index (χ0v) is 11.8. The number of aromatic nitrogens is 1. The second kappa shape index (κ2) is 5.06. The zero-order chi connectivity index (χ0) is 16.8. The Morgan fingerprint density at radius 1 is 1.30 bits per heavy atom. The number of benzene rings is 1. The number of nitrogen functional groups attached to an aromatic ring is 1. The van der Waals surface area contributed by atoms with E-state index < -0.39 is 29.6 Å². The number of rotatable bonds is 2. The molecule has 6 nitrogen and oxygen atoms in total. The van der Waals surface area contributed by atoms with Crippen LogP contribution in [0.2, 0.25) is 0 Å². The lowest BCUT2D eigenvalue weighted by molar-refractivity contribution is -0.461. The number of carbonyl (C=O) groups is 1. The van der Waals surface area contributed by atoms with E-state index in [9.17, 15) is 22.4 Å². The van der Waals surface area contributed by atoms with Crippen LogP contribution in [0.1, 0.15) is 15.2 Å². The lowest BCUT2D eigenvalue weighted by Crippen LogP contribution is -2.41. The van der Waals surface area contributed by atoms with Gasteiger partial charge < -0.3 is 15.8 Å². The highest BCUT2D eigenvalue weighted by Gasteiger charge is 2.54. The molecule has 0 spiro atoms. The van der Waals surface area contributed by atoms with Gasteiger partial charge in [0.1, 0.15) is 16.4 Å². The van der Waals surface area contributed by atoms with E-state index in [4.69, 9.17) is 5.73 Å². The largest absolute Gasteiger partial charge is 0.540 e. The fourth-order valence-corrected chi connectivity index (χ4v) is 2.49. The topological polar surface area (TPSA) is 86.5 Å². The van der Waals surface area contributed by atoms with Gasteiger partial charge in [-0.1, -0.05) is 0 Å². The van der Waals surface area contributed by atoms with E-state index in [0.717, 1.165) is 29.5 Å². The monoisotopic (exact) mass is 349 g/mol. The summed E-state index contributed by atoms with van der Waals surface area (Å²) in [6, 6.07) is 2.79. The van der Waals surface area contributed by atoms with Crippen LogP contribution in [0, 0.1) is 0 Å². The van der Waals surface area contributed by atoms with E-state index in [1.165, 1.54) is 5.51 Å². The van der Waals surface area contributed by atoms with Gasteiger partial charge in [0.25, 0.3) is 5.91 Å². The van der Waals surface area contributed by atoms with E-state index >= 15 is 0 Å². The van der Waals surface area contributed by atoms with Crippen molar-refractivity contribution in [2.45, 2.75) is 12.4 Å². The Hall–Kier alpha value is -2.40. The van der Waals surface area contributed by atoms with Gasteiger partial charge in [0.15, 0.2) is 0 Å². The predicted octanol–water partition coefficient (Wildman–Crippen LogP) is 2.99. The van der Waals surface area contributed by atoms with Crippen LogP contribution in [0.25, 0.3) is 0 Å². The number of carbonyl (C=O) groups excluding carboxylic acids is 1. The first kappa shape index (κ1) is 15.5. The van der Waals surface area contributed by atoms with E-state index in [1.807, 2.05) is 0 Å². The fraction of sp³-hybridized carbons (Fsp3) is 0.167. The van der Waals surface area contributed by atoms with E-state index in [0.29, 0.717) is 0 Å². The summed E-state index contributed by atoms with van der Waals surface area (Å²) in [6.07, 6.45) is -8.72. The fourth-order valence-electron chi connectivity index (χ4n) is 1.89. The Kier molecular flexibility index (Phi) is 3.41. The number of hydrogen-bond acceptors (Lipinski definition) is 6. The van der Waals surface area contributed by atoms with Crippen molar-refractivity contribution in [3.63, 3.8) is 0 Å². The molecule has 1 aliphatic heterocycles. The molecule has 1 aromatic heterocycles. The molecule has 0 saturated carbocycles. The summed E-state index contributed by atoms with van der Waals surface area (Å²) in [5, 5.41) is 2.31. The Balaban J connectivity index is 1.90. The Morgan fingerprint density at radius 3 is 2.70 bits per heavy atom. The minimum atomic E-state index is -4.45. The predicted molar refractivity (Wildman–Crippen MR) is 71.5 cm³/mol. The van der Waals surface area contributed by atoms with Gasteiger partial charge in [-0.05, 0) is 18.2 Å². The average Bonchev–Trinajstić information content (AvgIpc) is 2.84. The first-order chi connectivity index (χ1) is 10.7. The summed E-state index contributed by atoms with van der Waals surface area (Å²) in [5.41, 5.74) is 5.81. The highest BCUT2D eigenvalue weighted by molar-refractivity contribution is 7.12. The number of halogens is 4. The molecule has 11 heteroatoms. The maximum Gasteiger partial charge on any atom is 0.540 e. The molecule has 1 amide bonds. The Labute approximate surface area is 129 Å². The number of amides is 1. The van der Waals surface area contributed by atoms with Crippen molar-refractivity contribution < 1.29 is 31.8 Å². The van der Waals surface area contributed by atoms with E-state index in [2.05, 4.69) is 19.8 Å². The number of nitrogens with one attached hydrogen (secondary N) is 1. The van der Waals surface area contributed by atoms with Crippen molar-refractivity contribution in [2.24, 2.45) is 0 Å². The number of thiazole rings is 1. The third-order valence-corrected chi connectivity index (χ3v) is 3.67. The summed E-state index contributed by atoms with van der Waals surface area (Å²) >= 11 is 0.960. The summed E-state index contributed by atoms with van der Waals surface area (Å²) < 4.78 is 60.4. The minimum absolute atomic E-state index is 0.0119. The molecule has 2 heterocycles. The SMILES string of the molecule is Nc1ncsc1C(=O)Nc1ccc2c(c1)C(F)(F)OC(F)(F)O2. The number of hydrogen-bond donors (Lipinski definition) is 2. The van der Waals surface area contributed by atoms with Crippen LogP contribution in [-0.2, 0) is 10.8 Å². The number of ether oxygens (including phenoxy) is 2. The number of anilines is 2. The minimum Gasteiger partial charge on any atom is -0.409 e. The third kappa shape index (κ3) is 2.92. The van der Waals surface area contributed by atoms with Gasteiger partial charge in [-0.25, -0.2) is 9.72 Å². The second-order valence-corrected chi connectivity index (χ2v) is 5.27. The molecular weight excluding hydrogens is 342 g/mol. The third-order valence-electron chi connectivity index (χ3n) is 2.83. The van der Waals surface area contributed by atoms with Gasteiger partial charge in [-0.3, -0.25) is 4.79 Å². The van der Waals surface area contributed by atoms with E-state index in [1.54, 1.807) is 0 Å². The number of nitrogens with zero attached hydrogens (tertiary/aromatic N) is 1. The van der Waals surface area contributed by atoms with Crippen molar-refractivity contribution >= 4 is 28.7 Å². The van der Waals surface area contributed by atoms with Gasteiger partial charge in [0.05, 0.1) is 11.1 Å². The van der Waals surface area contributed by atoms with Crippen molar-refractivity contribution in [3.8, 4) is 5.75 Å². The van der Waals surface area contributed by atoms with Crippen molar-refractivity contribution in [2.75, 3.05) is 11.1 Å². The molecule has 0 atom stereocenters. The van der Waals surface area contributed by atoms with Gasteiger partial charge in [0, 0.05) is 5.69 Å². The molecular formula is C12H7F4N3O3S. The number of nitrogens with two attached hydrogens (primary N) is 1. The highest BCUT2D eigenvalue weighted by Crippen LogP contribution is 2.46. The highest BCUT2D eigenvalue weighted by atomic mass is 32.1. The average molecular weight is 349 g/mol. The summed E-state index contributed by atoms with van der Waals surface area (Å²) in [7, 11) is 0. The molecule has 1 aromatic carbocycles. The van der Waals surface area contributed by atoms with Crippen molar-refractivity contribution in [1.29, 1.82) is 0 Å². The maximum absolute atomic E-state index is 13.6. The molecule has 1 aliphatic rings. The standard InChI is InChI=1S/C12H7F4N3O3S/c13-11(14)6-3-5(1-2-7(6)21-12(15,16)22-11)19-10(20)8-9(17)18-4-23-8/h1-4H,17H2,(H,19,20). The van der Waals surface area contributed by atoms with Crippen LogP contribution in [0.5, 0.6) is 5.75 Å². The van der Waals surface area contributed by atoms with Crippen molar-refractivity contribution in [1.82, 2.24) is 4.98 Å². The first-order valence-corrected chi connectivity index (χ1v) is 6.85. The molecule has 0 bridgehead atoms. The second-order valence-electron chi connectivity index (χ2n) is 4.42. The summed E-state index contributed by atoms with van der Waals surface area (Å²) in [6.45, 7) is 0. The van der Waals surface area contributed by atoms with Crippen LogP contribution in [0.4, 0.5) is 29.1 Å². The Bertz CT molecular complexity index is 781. The molecule has 0 fully saturated rings. The molecule has 2 aromatic rings. The molecule has 0 saturated heterocycles. The summed E-state index contributed by atoms with van der Waals surface area (Å²) in [5.74, 6) is -1.43. The van der Waals surface area contributed by atoms with Crippen LogP contribution >= 0.6 is 11.3 Å². The van der Waals surface area contributed by atoms with Gasteiger partial charge in [-0.15, -0.1) is 20.1 Å². The molecule has 122 valence electrons. The smallest absolute Gasteiger partial charge is 0.409 e. The van der Waals surface area contributed by atoms with Crippen LogP contribution in [0.15, 0.2) is 23.7 Å².